The third kappa shape index (κ3) is 4.46. The number of ether oxygens (including phenoxy) is 1. The van der Waals surface area contributed by atoms with Crippen LogP contribution in [0.1, 0.15) is 19.4 Å². The number of carboxylic acid groups (broad SMARTS) is 1. The lowest BCUT2D eigenvalue weighted by atomic mass is 10.1. The highest BCUT2D eigenvalue weighted by atomic mass is 16.5. The molecule has 1 aromatic carbocycles. The molecule has 1 heterocycles. The third-order valence-electron chi connectivity index (χ3n) is 3.24. The van der Waals surface area contributed by atoms with Crippen LogP contribution in [-0.2, 0) is 16.0 Å². The van der Waals surface area contributed by atoms with E-state index < -0.39 is 5.97 Å². The van der Waals surface area contributed by atoms with Crippen LogP contribution < -0.4 is 5.32 Å². The maximum atomic E-state index is 12.2. The van der Waals surface area contributed by atoms with E-state index in [9.17, 15) is 9.59 Å². The number of morpholine rings is 1. The Labute approximate surface area is 123 Å². The summed E-state index contributed by atoms with van der Waals surface area (Å²) >= 11 is 0. The zero-order chi connectivity index (χ0) is 15.4. The van der Waals surface area contributed by atoms with Crippen LogP contribution in [0.3, 0.4) is 0 Å². The lowest BCUT2D eigenvalue weighted by Crippen LogP contribution is -2.49. The highest BCUT2D eigenvalue weighted by molar-refractivity contribution is 5.89. The number of anilines is 1. The Balaban J connectivity index is 2.00. The van der Waals surface area contributed by atoms with Crippen LogP contribution in [-0.4, -0.2) is 47.3 Å². The second-order valence-corrected chi connectivity index (χ2v) is 5.36. The number of nitrogens with zero attached hydrogens (tertiary/aromatic N) is 1. The van der Waals surface area contributed by atoms with Gasteiger partial charge in [0.25, 0.3) is 0 Å². The van der Waals surface area contributed by atoms with Gasteiger partial charge in [-0.2, -0.15) is 0 Å². The predicted octanol–water partition coefficient (Wildman–Crippen LogP) is 1.95. The van der Waals surface area contributed by atoms with Crippen molar-refractivity contribution < 1.29 is 19.4 Å². The summed E-state index contributed by atoms with van der Waals surface area (Å²) in [5, 5.41) is 11.6. The fourth-order valence-electron chi connectivity index (χ4n) is 2.48. The SMILES string of the molecule is C[C@@H]1CN(C(=O)Nc2cccc(CC(=O)O)c2)C[C@H](C)O1. The minimum absolute atomic E-state index is 0.0119. The smallest absolute Gasteiger partial charge is 0.322 e. The second-order valence-electron chi connectivity index (χ2n) is 5.36. The first-order valence-electron chi connectivity index (χ1n) is 6.96. The average molecular weight is 292 g/mol. The molecule has 2 rings (SSSR count). The number of benzene rings is 1. The van der Waals surface area contributed by atoms with E-state index in [2.05, 4.69) is 5.32 Å². The zero-order valence-electron chi connectivity index (χ0n) is 12.2. The fourth-order valence-corrected chi connectivity index (χ4v) is 2.48. The predicted molar refractivity (Wildman–Crippen MR) is 78.4 cm³/mol. The van der Waals surface area contributed by atoms with E-state index in [0.29, 0.717) is 24.3 Å². The van der Waals surface area contributed by atoms with Gasteiger partial charge in [-0.25, -0.2) is 4.79 Å². The van der Waals surface area contributed by atoms with E-state index in [0.717, 1.165) is 0 Å². The molecule has 1 saturated heterocycles. The molecule has 6 heteroatoms. The quantitative estimate of drug-likeness (QED) is 0.892. The first kappa shape index (κ1) is 15.3. The second kappa shape index (κ2) is 6.58. The average Bonchev–Trinajstić information content (AvgIpc) is 2.37. The lowest BCUT2D eigenvalue weighted by Gasteiger charge is -2.35. The molecule has 1 fully saturated rings. The number of hydrogen-bond acceptors (Lipinski definition) is 3. The van der Waals surface area contributed by atoms with Crippen molar-refractivity contribution in [3.63, 3.8) is 0 Å². The van der Waals surface area contributed by atoms with Crippen LogP contribution in [0.5, 0.6) is 0 Å². The fraction of sp³-hybridized carbons (Fsp3) is 0.467. The van der Waals surface area contributed by atoms with Crippen LogP contribution in [0.25, 0.3) is 0 Å². The van der Waals surface area contributed by atoms with Gasteiger partial charge in [-0.3, -0.25) is 4.79 Å². The summed E-state index contributed by atoms with van der Waals surface area (Å²) in [7, 11) is 0. The molecular formula is C15H20N2O4. The first-order valence-corrected chi connectivity index (χ1v) is 6.96. The Kier molecular flexibility index (Phi) is 4.80. The van der Waals surface area contributed by atoms with E-state index in [-0.39, 0.29) is 24.7 Å². The highest BCUT2D eigenvalue weighted by Crippen LogP contribution is 2.15. The van der Waals surface area contributed by atoms with E-state index in [4.69, 9.17) is 9.84 Å². The first-order chi connectivity index (χ1) is 9.94. The Morgan fingerprint density at radius 1 is 1.33 bits per heavy atom. The third-order valence-corrected chi connectivity index (χ3v) is 3.24. The van der Waals surface area contributed by atoms with Gasteiger partial charge in [0.15, 0.2) is 0 Å². The Morgan fingerprint density at radius 3 is 2.62 bits per heavy atom. The minimum atomic E-state index is -0.894. The molecule has 0 spiro atoms. The number of nitrogens with one attached hydrogen (secondary N) is 1. The topological polar surface area (TPSA) is 78.9 Å². The zero-order valence-corrected chi connectivity index (χ0v) is 12.2. The molecule has 1 aliphatic heterocycles. The van der Waals surface area contributed by atoms with Crippen molar-refractivity contribution in [2.45, 2.75) is 32.5 Å². The van der Waals surface area contributed by atoms with Crippen molar-refractivity contribution in [1.82, 2.24) is 4.90 Å². The van der Waals surface area contributed by atoms with Crippen molar-refractivity contribution in [2.24, 2.45) is 0 Å². The highest BCUT2D eigenvalue weighted by Gasteiger charge is 2.25. The van der Waals surface area contributed by atoms with Gasteiger partial charge in [-0.1, -0.05) is 12.1 Å². The molecule has 0 unspecified atom stereocenters. The van der Waals surface area contributed by atoms with Crippen LogP contribution in [0.15, 0.2) is 24.3 Å². The van der Waals surface area contributed by atoms with E-state index >= 15 is 0 Å². The van der Waals surface area contributed by atoms with E-state index in [1.807, 2.05) is 13.8 Å². The number of rotatable bonds is 3. The number of amides is 2. The van der Waals surface area contributed by atoms with Crippen LogP contribution in [0, 0.1) is 0 Å². The maximum Gasteiger partial charge on any atom is 0.322 e. The monoisotopic (exact) mass is 292 g/mol. The number of carboxylic acids is 1. The Morgan fingerprint density at radius 2 is 2.00 bits per heavy atom. The summed E-state index contributed by atoms with van der Waals surface area (Å²) < 4.78 is 5.59. The molecular weight excluding hydrogens is 272 g/mol. The van der Waals surface area contributed by atoms with Gasteiger partial charge in [-0.05, 0) is 31.5 Å². The van der Waals surface area contributed by atoms with Crippen molar-refractivity contribution in [3.8, 4) is 0 Å². The summed E-state index contributed by atoms with van der Waals surface area (Å²) in [6.07, 6.45) is -0.0364. The molecule has 21 heavy (non-hydrogen) atoms. The molecule has 6 nitrogen and oxygen atoms in total. The Hall–Kier alpha value is -2.08. The number of aliphatic carboxylic acids is 1. The molecule has 1 aromatic rings. The van der Waals surface area contributed by atoms with Crippen molar-refractivity contribution in [1.29, 1.82) is 0 Å². The largest absolute Gasteiger partial charge is 0.481 e. The van der Waals surface area contributed by atoms with Crippen LogP contribution in [0.4, 0.5) is 10.5 Å². The standard InChI is InChI=1S/C15H20N2O4/c1-10-8-17(9-11(2)21-10)15(20)16-13-5-3-4-12(6-13)7-14(18)19/h3-6,10-11H,7-9H2,1-2H3,(H,16,20)(H,18,19)/t10-,11+. The summed E-state index contributed by atoms with van der Waals surface area (Å²) in [5.41, 5.74) is 1.26. The number of hydrogen-bond donors (Lipinski definition) is 2. The van der Waals surface area contributed by atoms with Gasteiger partial charge < -0.3 is 20.1 Å². The molecule has 0 radical (unpaired) electrons. The molecule has 0 aliphatic carbocycles. The number of carbonyl (C=O) groups is 2. The Bertz CT molecular complexity index is 522. The maximum absolute atomic E-state index is 12.2. The van der Waals surface area contributed by atoms with Gasteiger partial charge in [0.2, 0.25) is 0 Å². The van der Waals surface area contributed by atoms with Gasteiger partial charge in [0, 0.05) is 18.8 Å². The van der Waals surface area contributed by atoms with Gasteiger partial charge in [0.1, 0.15) is 0 Å². The van der Waals surface area contributed by atoms with Gasteiger partial charge in [0.05, 0.1) is 18.6 Å². The summed E-state index contributed by atoms with van der Waals surface area (Å²) in [4.78, 5) is 24.7. The molecule has 0 saturated carbocycles. The minimum Gasteiger partial charge on any atom is -0.481 e. The van der Waals surface area contributed by atoms with Crippen molar-refractivity contribution >= 4 is 17.7 Å². The normalized spacial score (nSPS) is 21.9. The van der Waals surface area contributed by atoms with Gasteiger partial charge in [-0.15, -0.1) is 0 Å². The summed E-state index contributed by atoms with van der Waals surface area (Å²) in [5.74, 6) is -0.894. The van der Waals surface area contributed by atoms with E-state index in [1.165, 1.54) is 0 Å². The molecule has 2 amide bonds. The van der Waals surface area contributed by atoms with E-state index in [1.54, 1.807) is 29.2 Å². The van der Waals surface area contributed by atoms with Crippen LogP contribution >= 0.6 is 0 Å². The van der Waals surface area contributed by atoms with Gasteiger partial charge >= 0.3 is 12.0 Å². The van der Waals surface area contributed by atoms with Crippen molar-refractivity contribution in [3.05, 3.63) is 29.8 Å². The molecule has 2 N–H and O–H groups in total. The molecule has 0 aromatic heterocycles. The summed E-state index contributed by atoms with van der Waals surface area (Å²) in [6, 6.07) is 6.70. The molecule has 0 bridgehead atoms. The van der Waals surface area contributed by atoms with Crippen LogP contribution in [0.2, 0.25) is 0 Å². The molecule has 114 valence electrons. The number of carbonyl (C=O) groups excluding carboxylic acids is 1. The number of urea groups is 1. The summed E-state index contributed by atoms with van der Waals surface area (Å²) in [6.45, 7) is 4.96. The molecule has 1 aliphatic rings. The van der Waals surface area contributed by atoms with Crippen molar-refractivity contribution in [2.75, 3.05) is 18.4 Å². The lowest BCUT2D eigenvalue weighted by molar-refractivity contribution is -0.136. The molecule has 2 atom stereocenters.